The van der Waals surface area contributed by atoms with Crippen molar-refractivity contribution >= 4 is 41.5 Å². The van der Waals surface area contributed by atoms with Crippen molar-refractivity contribution in [2.24, 2.45) is 5.92 Å². The van der Waals surface area contributed by atoms with Crippen LogP contribution in [0, 0.1) is 5.92 Å². The summed E-state index contributed by atoms with van der Waals surface area (Å²) in [7, 11) is 0. The molecule has 134 valence electrons. The van der Waals surface area contributed by atoms with Crippen molar-refractivity contribution in [2.45, 2.75) is 44.6 Å². The zero-order chi connectivity index (χ0) is 16.4. The first-order valence-electron chi connectivity index (χ1n) is 8.58. The Morgan fingerprint density at radius 2 is 1.96 bits per heavy atom. The van der Waals surface area contributed by atoms with Gasteiger partial charge in [-0.15, -0.1) is 12.4 Å². The first-order chi connectivity index (χ1) is 11.1. The van der Waals surface area contributed by atoms with Gasteiger partial charge in [-0.3, -0.25) is 4.79 Å². The predicted molar refractivity (Wildman–Crippen MR) is 102 cm³/mol. The molecule has 6 heteroatoms. The van der Waals surface area contributed by atoms with Crippen molar-refractivity contribution in [3.05, 3.63) is 33.8 Å². The summed E-state index contributed by atoms with van der Waals surface area (Å²) in [6, 6.07) is 6.14. The molecule has 0 spiro atoms. The van der Waals surface area contributed by atoms with E-state index < -0.39 is 0 Å². The molecule has 2 aliphatic rings. The first-order valence-corrected chi connectivity index (χ1v) is 9.33. The van der Waals surface area contributed by atoms with Crippen LogP contribution in [0.5, 0.6) is 0 Å². The number of carbonyl (C=O) groups excluding carboxylic acids is 1. The van der Waals surface area contributed by atoms with Gasteiger partial charge in [0.25, 0.3) is 0 Å². The molecule has 0 radical (unpaired) electrons. The largest absolute Gasteiger partial charge is 0.339 e. The normalized spacial score (nSPS) is 23.5. The maximum absolute atomic E-state index is 13.0. The Bertz CT molecular complexity index is 575. The average molecular weight is 392 g/mol. The quantitative estimate of drug-likeness (QED) is 0.801. The molecule has 1 heterocycles. The lowest BCUT2D eigenvalue weighted by atomic mass is 10.0. The molecule has 2 unspecified atom stereocenters. The third-order valence-electron chi connectivity index (χ3n) is 4.98. The van der Waals surface area contributed by atoms with Crippen molar-refractivity contribution in [1.82, 2.24) is 10.2 Å². The molecule has 1 aliphatic heterocycles. The molecule has 0 aromatic heterocycles. The maximum atomic E-state index is 13.0. The van der Waals surface area contributed by atoms with Crippen LogP contribution in [-0.2, 0) is 4.79 Å². The summed E-state index contributed by atoms with van der Waals surface area (Å²) in [5.41, 5.74) is 1.14. The van der Waals surface area contributed by atoms with Gasteiger partial charge in [-0.2, -0.15) is 0 Å². The van der Waals surface area contributed by atoms with Gasteiger partial charge in [0.2, 0.25) is 5.91 Å². The number of hydrogen-bond donors (Lipinski definition) is 1. The van der Waals surface area contributed by atoms with Gasteiger partial charge in [0, 0.05) is 18.5 Å². The van der Waals surface area contributed by atoms with E-state index in [4.69, 9.17) is 23.2 Å². The Balaban J connectivity index is 0.00000208. The van der Waals surface area contributed by atoms with Crippen LogP contribution in [0.1, 0.15) is 44.1 Å². The number of amides is 1. The van der Waals surface area contributed by atoms with Gasteiger partial charge in [0.15, 0.2) is 0 Å². The number of halogens is 3. The minimum atomic E-state index is 0. The summed E-state index contributed by atoms with van der Waals surface area (Å²) in [6.07, 6.45) is 4.08. The number of carbonyl (C=O) groups is 1. The molecule has 3 rings (SSSR count). The lowest BCUT2D eigenvalue weighted by Crippen LogP contribution is -2.47. The zero-order valence-corrected chi connectivity index (χ0v) is 16.3. The van der Waals surface area contributed by atoms with E-state index in [-0.39, 0.29) is 18.3 Å². The SMILES string of the molecule is CCCN(C(=O)C1CC1c1ccc(Cl)c(Cl)c1)C1CCNCC1.Cl. The van der Waals surface area contributed by atoms with Gasteiger partial charge in [-0.25, -0.2) is 0 Å². The van der Waals surface area contributed by atoms with Gasteiger partial charge < -0.3 is 10.2 Å². The van der Waals surface area contributed by atoms with Gasteiger partial charge in [0.1, 0.15) is 0 Å². The van der Waals surface area contributed by atoms with Crippen LogP contribution in [-0.4, -0.2) is 36.5 Å². The fourth-order valence-corrected chi connectivity index (χ4v) is 3.93. The van der Waals surface area contributed by atoms with Crippen molar-refractivity contribution in [3.63, 3.8) is 0 Å². The van der Waals surface area contributed by atoms with E-state index >= 15 is 0 Å². The monoisotopic (exact) mass is 390 g/mol. The number of benzene rings is 1. The number of piperidine rings is 1. The third kappa shape index (κ3) is 4.37. The lowest BCUT2D eigenvalue weighted by molar-refractivity contribution is -0.135. The van der Waals surface area contributed by atoms with Gasteiger partial charge in [0.05, 0.1) is 10.0 Å². The zero-order valence-electron chi connectivity index (χ0n) is 13.9. The Hall–Kier alpha value is -0.480. The van der Waals surface area contributed by atoms with Crippen molar-refractivity contribution < 1.29 is 4.79 Å². The summed E-state index contributed by atoms with van der Waals surface area (Å²) < 4.78 is 0. The minimum absolute atomic E-state index is 0. The molecule has 1 aliphatic carbocycles. The summed E-state index contributed by atoms with van der Waals surface area (Å²) in [6.45, 7) is 5.04. The van der Waals surface area contributed by atoms with E-state index in [9.17, 15) is 4.79 Å². The number of hydrogen-bond acceptors (Lipinski definition) is 2. The maximum Gasteiger partial charge on any atom is 0.226 e. The van der Waals surface area contributed by atoms with Crippen LogP contribution in [0.4, 0.5) is 0 Å². The standard InChI is InChI=1S/C18H24Cl2N2O.ClH/c1-2-9-22(13-5-7-21-8-6-13)18(23)15-11-14(15)12-3-4-16(19)17(20)10-12;/h3-4,10,13-15,21H,2,5-9,11H2,1H3;1H. The van der Waals surface area contributed by atoms with Crippen molar-refractivity contribution in [1.29, 1.82) is 0 Å². The van der Waals surface area contributed by atoms with Gasteiger partial charge in [-0.05, 0) is 62.4 Å². The van der Waals surface area contributed by atoms with Crippen molar-refractivity contribution in [2.75, 3.05) is 19.6 Å². The minimum Gasteiger partial charge on any atom is -0.339 e. The molecule has 0 bridgehead atoms. The highest BCUT2D eigenvalue weighted by atomic mass is 35.5. The van der Waals surface area contributed by atoms with E-state index in [0.717, 1.165) is 50.9 Å². The second-order valence-corrected chi connectivity index (χ2v) is 7.45. The van der Waals surface area contributed by atoms with Crippen LogP contribution >= 0.6 is 35.6 Å². The molecular formula is C18H25Cl3N2O. The van der Waals surface area contributed by atoms with Crippen LogP contribution in [0.2, 0.25) is 10.0 Å². The number of nitrogens with zero attached hydrogens (tertiary/aromatic N) is 1. The smallest absolute Gasteiger partial charge is 0.226 e. The Labute approximate surface area is 160 Å². The second kappa shape index (κ2) is 8.75. The molecule has 1 aromatic rings. The topological polar surface area (TPSA) is 32.3 Å². The third-order valence-corrected chi connectivity index (χ3v) is 5.72. The molecule has 1 saturated carbocycles. The van der Waals surface area contributed by atoms with Crippen molar-refractivity contribution in [3.8, 4) is 0 Å². The van der Waals surface area contributed by atoms with E-state index in [0.29, 0.717) is 27.9 Å². The van der Waals surface area contributed by atoms with Crippen LogP contribution < -0.4 is 5.32 Å². The molecule has 2 fully saturated rings. The molecular weight excluding hydrogens is 367 g/mol. The molecule has 1 saturated heterocycles. The van der Waals surface area contributed by atoms with Gasteiger partial charge in [-0.1, -0.05) is 36.2 Å². The molecule has 1 aromatic carbocycles. The lowest BCUT2D eigenvalue weighted by Gasteiger charge is -2.35. The fraction of sp³-hybridized carbons (Fsp3) is 0.611. The first kappa shape index (κ1) is 19.8. The molecule has 1 amide bonds. The highest BCUT2D eigenvalue weighted by Crippen LogP contribution is 2.49. The van der Waals surface area contributed by atoms with Crippen LogP contribution in [0.25, 0.3) is 0 Å². The van der Waals surface area contributed by atoms with Gasteiger partial charge >= 0.3 is 0 Å². The summed E-state index contributed by atoms with van der Waals surface area (Å²) >= 11 is 12.1. The van der Waals surface area contributed by atoms with E-state index in [1.807, 2.05) is 18.2 Å². The Morgan fingerprint density at radius 3 is 2.58 bits per heavy atom. The average Bonchev–Trinajstić information content (AvgIpc) is 3.36. The Morgan fingerprint density at radius 1 is 1.25 bits per heavy atom. The summed E-state index contributed by atoms with van der Waals surface area (Å²) in [5.74, 6) is 0.752. The molecule has 2 atom stereocenters. The Kier molecular flexibility index (Phi) is 7.23. The van der Waals surface area contributed by atoms with E-state index in [1.54, 1.807) is 0 Å². The highest BCUT2D eigenvalue weighted by molar-refractivity contribution is 6.42. The summed E-state index contributed by atoms with van der Waals surface area (Å²) in [4.78, 5) is 15.1. The van der Waals surface area contributed by atoms with Crippen LogP contribution in [0.15, 0.2) is 18.2 Å². The molecule has 24 heavy (non-hydrogen) atoms. The number of rotatable bonds is 5. The molecule has 1 N–H and O–H groups in total. The fourth-order valence-electron chi connectivity index (χ4n) is 3.62. The van der Waals surface area contributed by atoms with E-state index in [1.165, 1.54) is 0 Å². The predicted octanol–water partition coefficient (Wildman–Crippen LogP) is 4.51. The second-order valence-electron chi connectivity index (χ2n) is 6.64. The highest BCUT2D eigenvalue weighted by Gasteiger charge is 2.46. The number of nitrogens with one attached hydrogen (secondary N) is 1. The summed E-state index contributed by atoms with van der Waals surface area (Å²) in [5, 5.41) is 4.52. The van der Waals surface area contributed by atoms with E-state index in [2.05, 4.69) is 17.1 Å². The van der Waals surface area contributed by atoms with Crippen LogP contribution in [0.3, 0.4) is 0 Å². The molecule has 3 nitrogen and oxygen atoms in total.